The lowest BCUT2D eigenvalue weighted by atomic mass is 10.1. The first-order chi connectivity index (χ1) is 15.4. The van der Waals surface area contributed by atoms with Crippen LogP contribution in [0.3, 0.4) is 0 Å². The molecule has 1 aliphatic heterocycles. The highest BCUT2D eigenvalue weighted by Gasteiger charge is 2.31. The molecule has 0 radical (unpaired) electrons. The minimum absolute atomic E-state index is 0.145. The van der Waals surface area contributed by atoms with E-state index in [1.807, 2.05) is 43.3 Å². The summed E-state index contributed by atoms with van der Waals surface area (Å²) in [5.41, 5.74) is 5.27. The number of carbonyl (C=O) groups is 1. The van der Waals surface area contributed by atoms with Crippen molar-refractivity contribution in [2.75, 3.05) is 13.7 Å². The molecule has 168 valence electrons. The van der Waals surface area contributed by atoms with Crippen molar-refractivity contribution < 1.29 is 18.7 Å². The Morgan fingerprint density at radius 2 is 1.94 bits per heavy atom. The van der Waals surface area contributed by atoms with E-state index < -0.39 is 0 Å². The van der Waals surface area contributed by atoms with E-state index >= 15 is 0 Å². The zero-order valence-corrected chi connectivity index (χ0v) is 19.2. The summed E-state index contributed by atoms with van der Waals surface area (Å²) >= 11 is 0. The number of esters is 1. The second-order valence-electron chi connectivity index (χ2n) is 8.42. The summed E-state index contributed by atoms with van der Waals surface area (Å²) in [4.78, 5) is 18.8. The Morgan fingerprint density at radius 1 is 1.16 bits per heavy atom. The molecule has 3 aromatic rings. The van der Waals surface area contributed by atoms with Crippen LogP contribution in [-0.2, 0) is 22.7 Å². The number of methoxy groups -OCH3 is 1. The monoisotopic (exact) mass is 434 g/mol. The molecule has 0 spiro atoms. The van der Waals surface area contributed by atoms with Gasteiger partial charge in [0.2, 0.25) is 5.89 Å². The van der Waals surface area contributed by atoms with Crippen molar-refractivity contribution in [2.24, 2.45) is 0 Å². The predicted molar refractivity (Wildman–Crippen MR) is 122 cm³/mol. The third-order valence-corrected chi connectivity index (χ3v) is 6.09. The molecule has 0 amide bonds. The van der Waals surface area contributed by atoms with Crippen LogP contribution in [0.25, 0.3) is 11.5 Å². The quantitative estimate of drug-likeness (QED) is 0.489. The summed E-state index contributed by atoms with van der Waals surface area (Å²) in [6.07, 6.45) is 1.87. The Labute approximate surface area is 189 Å². The maximum Gasteiger partial charge on any atom is 0.323 e. The van der Waals surface area contributed by atoms with Crippen LogP contribution in [0.1, 0.15) is 41.0 Å². The van der Waals surface area contributed by atoms with Gasteiger partial charge in [0.1, 0.15) is 29.9 Å². The van der Waals surface area contributed by atoms with E-state index in [2.05, 4.69) is 29.8 Å². The largest absolute Gasteiger partial charge is 0.487 e. The molecule has 4 rings (SSSR count). The maximum absolute atomic E-state index is 12.0. The topological polar surface area (TPSA) is 64.8 Å². The molecule has 1 aliphatic rings. The van der Waals surface area contributed by atoms with E-state index in [9.17, 15) is 4.79 Å². The Bertz CT molecular complexity index is 1090. The van der Waals surface area contributed by atoms with Gasteiger partial charge in [-0.2, -0.15) is 0 Å². The lowest BCUT2D eigenvalue weighted by Crippen LogP contribution is -2.36. The summed E-state index contributed by atoms with van der Waals surface area (Å²) in [6, 6.07) is 14.1. The number of benzene rings is 2. The van der Waals surface area contributed by atoms with Crippen LogP contribution >= 0.6 is 0 Å². The van der Waals surface area contributed by atoms with Gasteiger partial charge in [0.15, 0.2) is 0 Å². The molecule has 32 heavy (non-hydrogen) atoms. The number of nitrogens with zero attached hydrogens (tertiary/aromatic N) is 2. The second-order valence-corrected chi connectivity index (χ2v) is 8.42. The van der Waals surface area contributed by atoms with Gasteiger partial charge in [-0.05, 0) is 75.5 Å². The third kappa shape index (κ3) is 4.86. The van der Waals surface area contributed by atoms with Crippen LogP contribution in [0, 0.1) is 20.8 Å². The zero-order chi connectivity index (χ0) is 22.7. The number of aromatic nitrogens is 1. The molecule has 2 aromatic carbocycles. The number of carbonyl (C=O) groups excluding carboxylic acids is 1. The van der Waals surface area contributed by atoms with Gasteiger partial charge in [-0.15, -0.1) is 0 Å². The summed E-state index contributed by atoms with van der Waals surface area (Å²) in [5.74, 6) is 2.01. The van der Waals surface area contributed by atoms with Crippen molar-refractivity contribution in [1.29, 1.82) is 0 Å². The number of hydrogen-bond donors (Lipinski definition) is 0. The first kappa shape index (κ1) is 22.1. The Morgan fingerprint density at radius 3 is 2.66 bits per heavy atom. The predicted octanol–water partition coefficient (Wildman–Crippen LogP) is 4.98. The fourth-order valence-corrected chi connectivity index (χ4v) is 4.11. The highest BCUT2D eigenvalue weighted by atomic mass is 16.5. The molecular weight excluding hydrogens is 404 g/mol. The first-order valence-electron chi connectivity index (χ1n) is 11.0. The van der Waals surface area contributed by atoms with E-state index in [1.165, 1.54) is 18.2 Å². The summed E-state index contributed by atoms with van der Waals surface area (Å²) in [5, 5.41) is 0. The Balaban J connectivity index is 1.40. The van der Waals surface area contributed by atoms with Gasteiger partial charge < -0.3 is 13.9 Å². The molecule has 0 N–H and O–H groups in total. The number of oxazole rings is 1. The number of ether oxygens (including phenoxy) is 2. The molecule has 0 aliphatic carbocycles. The standard InChI is InChI=1S/C26H30N2O4/c1-17-7-9-20(10-8-17)25-27-23(19(3)32-25)16-31-22-12-11-21(18(2)14-22)15-28-13-5-6-24(28)26(29)30-4/h7-12,14,24H,5-6,13,15-16H2,1-4H3. The minimum Gasteiger partial charge on any atom is -0.487 e. The fourth-order valence-electron chi connectivity index (χ4n) is 4.11. The minimum atomic E-state index is -0.145. The fraction of sp³-hybridized carbons (Fsp3) is 0.385. The second kappa shape index (κ2) is 9.57. The summed E-state index contributed by atoms with van der Waals surface area (Å²) in [6.45, 7) is 8.02. The van der Waals surface area contributed by atoms with E-state index in [1.54, 1.807) is 0 Å². The molecule has 0 bridgehead atoms. The molecular formula is C26H30N2O4. The van der Waals surface area contributed by atoms with Crippen molar-refractivity contribution in [3.05, 3.63) is 70.6 Å². The van der Waals surface area contributed by atoms with Gasteiger partial charge in [-0.25, -0.2) is 4.98 Å². The van der Waals surface area contributed by atoms with Crippen LogP contribution in [0.4, 0.5) is 0 Å². The van der Waals surface area contributed by atoms with E-state index in [-0.39, 0.29) is 12.0 Å². The molecule has 0 saturated carbocycles. The van der Waals surface area contributed by atoms with E-state index in [0.29, 0.717) is 12.5 Å². The van der Waals surface area contributed by atoms with Crippen LogP contribution in [0.15, 0.2) is 46.9 Å². The van der Waals surface area contributed by atoms with Crippen molar-refractivity contribution in [3.8, 4) is 17.2 Å². The Hall–Kier alpha value is -3.12. The normalized spacial score (nSPS) is 16.3. The average Bonchev–Trinajstić information content (AvgIpc) is 3.40. The van der Waals surface area contributed by atoms with Crippen LogP contribution < -0.4 is 4.74 Å². The van der Waals surface area contributed by atoms with Gasteiger partial charge >= 0.3 is 5.97 Å². The smallest absolute Gasteiger partial charge is 0.323 e. The SMILES string of the molecule is COC(=O)C1CCCN1Cc1ccc(OCc2nc(-c3ccc(C)cc3)oc2C)cc1C. The van der Waals surface area contributed by atoms with Crippen molar-refractivity contribution in [1.82, 2.24) is 9.88 Å². The number of rotatable bonds is 7. The van der Waals surface area contributed by atoms with Crippen molar-refractivity contribution in [3.63, 3.8) is 0 Å². The van der Waals surface area contributed by atoms with Gasteiger partial charge in [0, 0.05) is 12.1 Å². The van der Waals surface area contributed by atoms with Crippen LogP contribution in [-0.4, -0.2) is 35.5 Å². The molecule has 6 heteroatoms. The van der Waals surface area contributed by atoms with Gasteiger partial charge in [-0.1, -0.05) is 23.8 Å². The molecule has 2 heterocycles. The summed E-state index contributed by atoms with van der Waals surface area (Å²) < 4.78 is 16.8. The molecule has 6 nitrogen and oxygen atoms in total. The van der Waals surface area contributed by atoms with E-state index in [0.717, 1.165) is 54.3 Å². The zero-order valence-electron chi connectivity index (χ0n) is 19.2. The van der Waals surface area contributed by atoms with E-state index in [4.69, 9.17) is 13.9 Å². The molecule has 1 aromatic heterocycles. The molecule has 1 fully saturated rings. The maximum atomic E-state index is 12.0. The molecule has 1 saturated heterocycles. The summed E-state index contributed by atoms with van der Waals surface area (Å²) in [7, 11) is 1.45. The highest BCUT2D eigenvalue weighted by Crippen LogP contribution is 2.26. The van der Waals surface area contributed by atoms with Gasteiger partial charge in [0.25, 0.3) is 0 Å². The lowest BCUT2D eigenvalue weighted by molar-refractivity contribution is -0.146. The van der Waals surface area contributed by atoms with Gasteiger partial charge in [-0.3, -0.25) is 9.69 Å². The highest BCUT2D eigenvalue weighted by molar-refractivity contribution is 5.76. The number of likely N-dealkylation sites (tertiary alicyclic amines) is 1. The van der Waals surface area contributed by atoms with Crippen molar-refractivity contribution >= 4 is 5.97 Å². The van der Waals surface area contributed by atoms with Crippen molar-refractivity contribution in [2.45, 2.75) is 52.8 Å². The van der Waals surface area contributed by atoms with Gasteiger partial charge in [0.05, 0.1) is 7.11 Å². The number of aryl methyl sites for hydroxylation is 3. The van der Waals surface area contributed by atoms with Crippen LogP contribution in [0.5, 0.6) is 5.75 Å². The Kier molecular flexibility index (Phi) is 6.61. The number of hydrogen-bond acceptors (Lipinski definition) is 6. The molecule has 1 atom stereocenters. The first-order valence-corrected chi connectivity index (χ1v) is 11.0. The third-order valence-electron chi connectivity index (χ3n) is 6.09. The van der Waals surface area contributed by atoms with Crippen LogP contribution in [0.2, 0.25) is 0 Å². The molecule has 1 unspecified atom stereocenters. The lowest BCUT2D eigenvalue weighted by Gasteiger charge is -2.23. The average molecular weight is 435 g/mol.